The molecule has 0 bridgehead atoms. The molecule has 22 heavy (non-hydrogen) atoms. The fraction of sp³-hybridized carbons (Fsp3) is 0.467. The summed E-state index contributed by atoms with van der Waals surface area (Å²) in [5.74, 6) is 0.472. The van der Waals surface area contributed by atoms with Crippen LogP contribution in [-0.4, -0.2) is 31.8 Å². The van der Waals surface area contributed by atoms with E-state index in [4.69, 9.17) is 0 Å². The number of rotatable bonds is 3. The van der Waals surface area contributed by atoms with Crippen molar-refractivity contribution in [2.24, 2.45) is 0 Å². The quantitative estimate of drug-likeness (QED) is 0.853. The molecule has 0 aliphatic heterocycles. The highest BCUT2D eigenvalue weighted by atomic mass is 16.2. The number of hydrogen-bond donors (Lipinski definition) is 2. The van der Waals surface area contributed by atoms with Crippen LogP contribution in [0.4, 0.5) is 10.5 Å². The van der Waals surface area contributed by atoms with Gasteiger partial charge in [-0.1, -0.05) is 25.7 Å². The number of hydrogen-bond acceptors (Lipinski definition) is 4. The monoisotopic (exact) mass is 300 g/mol. The average Bonchev–Trinajstić information content (AvgIpc) is 2.94. The molecule has 2 aromatic rings. The maximum absolute atomic E-state index is 12.0. The Kier molecular flexibility index (Phi) is 4.62. The van der Waals surface area contributed by atoms with Gasteiger partial charge in [-0.05, 0) is 18.9 Å². The lowest BCUT2D eigenvalue weighted by molar-refractivity contribution is 0.247. The van der Waals surface area contributed by atoms with Gasteiger partial charge in [0.15, 0.2) is 0 Å². The van der Waals surface area contributed by atoms with Crippen LogP contribution in [0.25, 0.3) is 5.95 Å². The van der Waals surface area contributed by atoms with E-state index in [0.29, 0.717) is 11.6 Å². The molecular formula is C15H20N6O. The maximum Gasteiger partial charge on any atom is 0.319 e. The second-order valence-electron chi connectivity index (χ2n) is 5.51. The number of anilines is 1. The first-order valence-electron chi connectivity index (χ1n) is 7.71. The highest BCUT2D eigenvalue weighted by Crippen LogP contribution is 2.17. The Morgan fingerprint density at radius 1 is 1.14 bits per heavy atom. The first-order chi connectivity index (χ1) is 10.8. The van der Waals surface area contributed by atoms with Crippen LogP contribution in [0.3, 0.4) is 0 Å². The molecule has 1 fully saturated rings. The second kappa shape index (κ2) is 7.02. The van der Waals surface area contributed by atoms with Crippen LogP contribution in [0, 0.1) is 0 Å². The van der Waals surface area contributed by atoms with Gasteiger partial charge in [-0.15, -0.1) is 0 Å². The van der Waals surface area contributed by atoms with Gasteiger partial charge in [0.05, 0.1) is 18.1 Å². The average molecular weight is 300 g/mol. The van der Waals surface area contributed by atoms with Gasteiger partial charge in [-0.3, -0.25) is 0 Å². The van der Waals surface area contributed by atoms with E-state index in [0.717, 1.165) is 12.8 Å². The molecule has 1 saturated carbocycles. The molecule has 1 aliphatic rings. The van der Waals surface area contributed by atoms with Crippen LogP contribution in [0.1, 0.15) is 38.5 Å². The Labute approximate surface area is 129 Å². The molecule has 2 aromatic heterocycles. The number of nitrogens with one attached hydrogen (secondary N) is 2. The van der Waals surface area contributed by atoms with Crippen LogP contribution in [-0.2, 0) is 0 Å². The summed E-state index contributed by atoms with van der Waals surface area (Å²) < 4.78 is 1.56. The molecule has 2 N–H and O–H groups in total. The van der Waals surface area contributed by atoms with Crippen LogP contribution >= 0.6 is 0 Å². The fourth-order valence-electron chi connectivity index (χ4n) is 2.67. The van der Waals surface area contributed by atoms with Crippen molar-refractivity contribution in [1.82, 2.24) is 25.1 Å². The molecule has 2 amide bonds. The van der Waals surface area contributed by atoms with E-state index in [1.807, 2.05) is 0 Å². The van der Waals surface area contributed by atoms with Gasteiger partial charge in [0, 0.05) is 18.4 Å². The molecule has 7 nitrogen and oxygen atoms in total. The third-order valence-electron chi connectivity index (χ3n) is 3.80. The second-order valence-corrected chi connectivity index (χ2v) is 5.51. The number of amides is 2. The molecule has 0 aromatic carbocycles. The van der Waals surface area contributed by atoms with Gasteiger partial charge in [0.1, 0.15) is 0 Å². The zero-order valence-electron chi connectivity index (χ0n) is 12.4. The number of aromatic nitrogens is 4. The Bertz CT molecular complexity index is 587. The number of nitrogens with zero attached hydrogens (tertiary/aromatic N) is 4. The lowest BCUT2D eigenvalue weighted by Gasteiger charge is -2.16. The smallest absolute Gasteiger partial charge is 0.319 e. The molecule has 0 unspecified atom stereocenters. The highest BCUT2D eigenvalue weighted by Gasteiger charge is 2.14. The highest BCUT2D eigenvalue weighted by molar-refractivity contribution is 5.89. The number of carbonyl (C=O) groups excluding carboxylic acids is 1. The van der Waals surface area contributed by atoms with Gasteiger partial charge in [0.2, 0.25) is 0 Å². The van der Waals surface area contributed by atoms with Crippen molar-refractivity contribution >= 4 is 11.7 Å². The summed E-state index contributed by atoms with van der Waals surface area (Å²) in [6.45, 7) is 0. The number of carbonyl (C=O) groups is 1. The zero-order valence-corrected chi connectivity index (χ0v) is 12.4. The van der Waals surface area contributed by atoms with Gasteiger partial charge in [0.25, 0.3) is 5.95 Å². The van der Waals surface area contributed by atoms with E-state index in [9.17, 15) is 4.79 Å². The van der Waals surface area contributed by atoms with Crippen molar-refractivity contribution in [3.8, 4) is 5.95 Å². The Hall–Kier alpha value is -2.44. The Morgan fingerprint density at radius 3 is 2.50 bits per heavy atom. The summed E-state index contributed by atoms with van der Waals surface area (Å²) in [6.07, 6.45) is 13.6. The normalized spacial score (nSPS) is 16.0. The van der Waals surface area contributed by atoms with Crippen LogP contribution in [0.5, 0.6) is 0 Å². The van der Waals surface area contributed by atoms with Crippen molar-refractivity contribution in [2.45, 2.75) is 44.6 Å². The SMILES string of the molecule is O=C(Nc1cnc(-n2cccn2)nc1)NC1CCCCCC1. The molecular weight excluding hydrogens is 280 g/mol. The van der Waals surface area contributed by atoms with Crippen molar-refractivity contribution in [3.63, 3.8) is 0 Å². The minimum atomic E-state index is -0.192. The van der Waals surface area contributed by atoms with Gasteiger partial charge >= 0.3 is 6.03 Å². The summed E-state index contributed by atoms with van der Waals surface area (Å²) >= 11 is 0. The summed E-state index contributed by atoms with van der Waals surface area (Å²) in [4.78, 5) is 20.4. The molecule has 1 aliphatic carbocycles. The van der Waals surface area contributed by atoms with Crippen LogP contribution in [0.15, 0.2) is 30.9 Å². The van der Waals surface area contributed by atoms with Crippen LogP contribution in [0.2, 0.25) is 0 Å². The Morgan fingerprint density at radius 2 is 1.86 bits per heavy atom. The molecule has 0 spiro atoms. The van der Waals surface area contributed by atoms with Crippen molar-refractivity contribution in [2.75, 3.05) is 5.32 Å². The fourth-order valence-corrected chi connectivity index (χ4v) is 2.67. The van der Waals surface area contributed by atoms with E-state index in [1.165, 1.54) is 25.7 Å². The third-order valence-corrected chi connectivity index (χ3v) is 3.80. The lowest BCUT2D eigenvalue weighted by atomic mass is 10.1. The van der Waals surface area contributed by atoms with Crippen LogP contribution < -0.4 is 10.6 Å². The Balaban J connectivity index is 1.55. The van der Waals surface area contributed by atoms with Gasteiger partial charge < -0.3 is 10.6 Å². The third kappa shape index (κ3) is 3.81. The number of urea groups is 1. The zero-order chi connectivity index (χ0) is 15.2. The standard InChI is InChI=1S/C15H20N6O/c22-15(19-12-6-3-1-2-4-7-12)20-13-10-16-14(17-11-13)21-9-5-8-18-21/h5,8-12H,1-4,6-7H2,(H2,19,20,22). The molecule has 0 atom stereocenters. The molecule has 3 rings (SSSR count). The molecule has 116 valence electrons. The largest absolute Gasteiger partial charge is 0.335 e. The first kappa shape index (κ1) is 14.5. The predicted octanol–water partition coefficient (Wildman–Crippen LogP) is 2.51. The minimum Gasteiger partial charge on any atom is -0.335 e. The van der Waals surface area contributed by atoms with Gasteiger partial charge in [-0.2, -0.15) is 5.10 Å². The molecule has 0 saturated heterocycles. The van der Waals surface area contributed by atoms with E-state index >= 15 is 0 Å². The van der Waals surface area contributed by atoms with Crippen molar-refractivity contribution in [1.29, 1.82) is 0 Å². The van der Waals surface area contributed by atoms with Gasteiger partial charge in [-0.25, -0.2) is 19.4 Å². The van der Waals surface area contributed by atoms with E-state index in [1.54, 1.807) is 35.5 Å². The summed E-state index contributed by atoms with van der Waals surface area (Å²) in [6, 6.07) is 1.88. The molecule has 2 heterocycles. The summed E-state index contributed by atoms with van der Waals surface area (Å²) in [5, 5.41) is 9.86. The van der Waals surface area contributed by atoms with E-state index < -0.39 is 0 Å². The summed E-state index contributed by atoms with van der Waals surface area (Å²) in [7, 11) is 0. The van der Waals surface area contributed by atoms with Crippen molar-refractivity contribution in [3.05, 3.63) is 30.9 Å². The summed E-state index contributed by atoms with van der Waals surface area (Å²) in [5.41, 5.74) is 0.571. The predicted molar refractivity (Wildman–Crippen MR) is 82.8 cm³/mol. The maximum atomic E-state index is 12.0. The first-order valence-corrected chi connectivity index (χ1v) is 7.71. The molecule has 7 heteroatoms. The minimum absolute atomic E-state index is 0.192. The topological polar surface area (TPSA) is 84.7 Å². The lowest BCUT2D eigenvalue weighted by Crippen LogP contribution is -2.37. The molecule has 0 radical (unpaired) electrons. The van der Waals surface area contributed by atoms with E-state index in [2.05, 4.69) is 25.7 Å². The van der Waals surface area contributed by atoms with Crippen molar-refractivity contribution < 1.29 is 4.79 Å². The van der Waals surface area contributed by atoms with E-state index in [-0.39, 0.29) is 12.1 Å².